The van der Waals surface area contributed by atoms with Crippen molar-refractivity contribution in [3.63, 3.8) is 0 Å². The smallest absolute Gasteiger partial charge is 0.339 e. The molecule has 2 aromatic heterocycles. The maximum atomic E-state index is 11.3. The quantitative estimate of drug-likeness (QED) is 0.798. The lowest BCUT2D eigenvalue weighted by Gasteiger charge is -2.01. The standard InChI is InChI=1S/C11H10N2O4/c1-17-11(16)8-4-7-2-3-13(6-9(14)15)10(7)12-5-8/h2-5H,6H2,1H3,(H,14,15). The Morgan fingerprint density at radius 1 is 1.53 bits per heavy atom. The van der Waals surface area contributed by atoms with Crippen LogP contribution in [0.4, 0.5) is 0 Å². The predicted octanol–water partition coefficient (Wildman–Crippen LogP) is 0.907. The molecule has 0 atom stereocenters. The maximum Gasteiger partial charge on any atom is 0.339 e. The van der Waals surface area contributed by atoms with E-state index in [9.17, 15) is 9.59 Å². The van der Waals surface area contributed by atoms with Crippen molar-refractivity contribution in [3.8, 4) is 0 Å². The molecule has 0 aromatic carbocycles. The van der Waals surface area contributed by atoms with E-state index in [-0.39, 0.29) is 6.54 Å². The number of carboxylic acid groups (broad SMARTS) is 1. The van der Waals surface area contributed by atoms with Gasteiger partial charge in [0.15, 0.2) is 0 Å². The van der Waals surface area contributed by atoms with Gasteiger partial charge in [-0.25, -0.2) is 9.78 Å². The average Bonchev–Trinajstić information content (AvgIpc) is 2.70. The van der Waals surface area contributed by atoms with E-state index in [4.69, 9.17) is 5.11 Å². The van der Waals surface area contributed by atoms with Crippen molar-refractivity contribution in [1.82, 2.24) is 9.55 Å². The summed E-state index contributed by atoms with van der Waals surface area (Å²) in [4.78, 5) is 25.9. The number of fused-ring (bicyclic) bond motifs is 1. The zero-order chi connectivity index (χ0) is 12.4. The molecule has 0 aliphatic carbocycles. The Balaban J connectivity index is 2.44. The molecule has 88 valence electrons. The van der Waals surface area contributed by atoms with Crippen LogP contribution in [0.25, 0.3) is 11.0 Å². The van der Waals surface area contributed by atoms with E-state index in [1.54, 1.807) is 18.3 Å². The molecule has 2 heterocycles. The fraction of sp³-hybridized carbons (Fsp3) is 0.182. The second-order valence-corrected chi connectivity index (χ2v) is 3.47. The summed E-state index contributed by atoms with van der Waals surface area (Å²) in [6.07, 6.45) is 2.99. The van der Waals surface area contributed by atoms with Crippen LogP contribution < -0.4 is 0 Å². The number of aromatic nitrogens is 2. The Bertz CT molecular complexity index is 588. The van der Waals surface area contributed by atoms with Crippen LogP contribution in [0.3, 0.4) is 0 Å². The molecule has 0 amide bonds. The highest BCUT2D eigenvalue weighted by Gasteiger charge is 2.10. The minimum absolute atomic E-state index is 0.159. The van der Waals surface area contributed by atoms with Gasteiger partial charge in [-0.1, -0.05) is 0 Å². The summed E-state index contributed by atoms with van der Waals surface area (Å²) in [5, 5.41) is 9.41. The minimum atomic E-state index is -0.943. The van der Waals surface area contributed by atoms with Gasteiger partial charge < -0.3 is 14.4 Å². The van der Waals surface area contributed by atoms with Crippen LogP contribution in [-0.4, -0.2) is 33.7 Å². The van der Waals surface area contributed by atoms with Gasteiger partial charge in [-0.15, -0.1) is 0 Å². The Morgan fingerprint density at radius 3 is 2.94 bits per heavy atom. The van der Waals surface area contributed by atoms with E-state index >= 15 is 0 Å². The number of nitrogens with zero attached hydrogens (tertiary/aromatic N) is 2. The predicted molar refractivity (Wildman–Crippen MR) is 58.7 cm³/mol. The van der Waals surface area contributed by atoms with Gasteiger partial charge in [0.25, 0.3) is 0 Å². The lowest BCUT2D eigenvalue weighted by atomic mass is 10.2. The summed E-state index contributed by atoms with van der Waals surface area (Å²) in [5.41, 5.74) is 0.869. The highest BCUT2D eigenvalue weighted by Crippen LogP contribution is 2.15. The van der Waals surface area contributed by atoms with Crippen LogP contribution in [0.2, 0.25) is 0 Å². The first-order chi connectivity index (χ1) is 8.11. The molecule has 0 saturated carbocycles. The fourth-order valence-electron chi connectivity index (χ4n) is 1.58. The zero-order valence-electron chi connectivity index (χ0n) is 9.08. The Hall–Kier alpha value is -2.37. The lowest BCUT2D eigenvalue weighted by Crippen LogP contribution is -2.08. The van der Waals surface area contributed by atoms with Crippen LogP contribution in [-0.2, 0) is 16.1 Å². The monoisotopic (exact) mass is 234 g/mol. The summed E-state index contributed by atoms with van der Waals surface area (Å²) >= 11 is 0. The molecule has 1 N–H and O–H groups in total. The van der Waals surface area contributed by atoms with E-state index < -0.39 is 11.9 Å². The number of carboxylic acids is 1. The van der Waals surface area contributed by atoms with Crippen molar-refractivity contribution in [2.45, 2.75) is 6.54 Å². The van der Waals surface area contributed by atoms with Crippen molar-refractivity contribution >= 4 is 23.0 Å². The molecule has 0 unspecified atom stereocenters. The number of methoxy groups -OCH3 is 1. The van der Waals surface area contributed by atoms with Crippen LogP contribution >= 0.6 is 0 Å². The third kappa shape index (κ3) is 2.10. The normalized spacial score (nSPS) is 10.4. The molecular formula is C11H10N2O4. The molecule has 0 saturated heterocycles. The molecule has 2 aromatic rings. The SMILES string of the molecule is COC(=O)c1cnc2c(ccn2CC(=O)O)c1. The van der Waals surface area contributed by atoms with Crippen molar-refractivity contribution in [2.24, 2.45) is 0 Å². The summed E-state index contributed by atoms with van der Waals surface area (Å²) in [7, 11) is 1.29. The van der Waals surface area contributed by atoms with E-state index in [0.717, 1.165) is 0 Å². The van der Waals surface area contributed by atoms with Gasteiger partial charge >= 0.3 is 11.9 Å². The summed E-state index contributed by atoms with van der Waals surface area (Å²) in [6, 6.07) is 3.32. The molecule has 6 nitrogen and oxygen atoms in total. The molecule has 0 aliphatic rings. The number of carbonyl (C=O) groups excluding carboxylic acids is 1. The van der Waals surface area contributed by atoms with Gasteiger partial charge in [0.05, 0.1) is 12.7 Å². The lowest BCUT2D eigenvalue weighted by molar-refractivity contribution is -0.137. The van der Waals surface area contributed by atoms with Crippen LogP contribution in [0.1, 0.15) is 10.4 Å². The number of ether oxygens (including phenoxy) is 1. The van der Waals surface area contributed by atoms with E-state index in [1.165, 1.54) is 17.9 Å². The third-order valence-electron chi connectivity index (χ3n) is 2.33. The van der Waals surface area contributed by atoms with Gasteiger partial charge in [0.1, 0.15) is 12.2 Å². The number of rotatable bonds is 3. The maximum absolute atomic E-state index is 11.3. The second kappa shape index (κ2) is 4.25. The largest absolute Gasteiger partial charge is 0.480 e. The molecule has 0 spiro atoms. The second-order valence-electron chi connectivity index (χ2n) is 3.47. The molecule has 2 rings (SSSR count). The fourth-order valence-corrected chi connectivity index (χ4v) is 1.58. The molecule has 0 aliphatic heterocycles. The highest BCUT2D eigenvalue weighted by atomic mass is 16.5. The van der Waals surface area contributed by atoms with Crippen molar-refractivity contribution < 1.29 is 19.4 Å². The molecule has 17 heavy (non-hydrogen) atoms. The van der Waals surface area contributed by atoms with Crippen LogP contribution in [0.5, 0.6) is 0 Å². The molecule has 0 bridgehead atoms. The van der Waals surface area contributed by atoms with Crippen LogP contribution in [0.15, 0.2) is 24.5 Å². The topological polar surface area (TPSA) is 81.4 Å². The van der Waals surface area contributed by atoms with E-state index in [2.05, 4.69) is 9.72 Å². The van der Waals surface area contributed by atoms with Gasteiger partial charge in [0.2, 0.25) is 0 Å². The molecular weight excluding hydrogens is 224 g/mol. The number of hydrogen-bond acceptors (Lipinski definition) is 4. The Kier molecular flexibility index (Phi) is 2.78. The van der Waals surface area contributed by atoms with Gasteiger partial charge in [-0.2, -0.15) is 0 Å². The van der Waals surface area contributed by atoms with E-state index in [1.807, 2.05) is 0 Å². The molecule has 0 radical (unpaired) electrons. The number of aliphatic carboxylic acids is 1. The Morgan fingerprint density at radius 2 is 2.29 bits per heavy atom. The number of hydrogen-bond donors (Lipinski definition) is 1. The number of carbonyl (C=O) groups is 2. The average molecular weight is 234 g/mol. The molecule has 0 fully saturated rings. The first-order valence-electron chi connectivity index (χ1n) is 4.87. The summed E-state index contributed by atoms with van der Waals surface area (Å²) in [6.45, 7) is -0.159. The Labute approximate surface area is 96.4 Å². The van der Waals surface area contributed by atoms with Crippen molar-refractivity contribution in [3.05, 3.63) is 30.1 Å². The van der Waals surface area contributed by atoms with Crippen LogP contribution in [0, 0.1) is 0 Å². The number of pyridine rings is 1. The summed E-state index contributed by atoms with van der Waals surface area (Å²) < 4.78 is 6.08. The summed E-state index contributed by atoms with van der Waals surface area (Å²) in [5.74, 6) is -1.41. The van der Waals surface area contributed by atoms with E-state index in [0.29, 0.717) is 16.6 Å². The number of esters is 1. The highest BCUT2D eigenvalue weighted by molar-refractivity contribution is 5.93. The third-order valence-corrected chi connectivity index (χ3v) is 2.33. The van der Waals surface area contributed by atoms with Crippen molar-refractivity contribution in [2.75, 3.05) is 7.11 Å². The van der Waals surface area contributed by atoms with Gasteiger partial charge in [-0.05, 0) is 12.1 Å². The van der Waals surface area contributed by atoms with Gasteiger partial charge in [-0.3, -0.25) is 4.79 Å². The molecule has 6 heteroatoms. The zero-order valence-corrected chi connectivity index (χ0v) is 9.08. The first kappa shape index (κ1) is 11.1. The van der Waals surface area contributed by atoms with Gasteiger partial charge in [0, 0.05) is 17.8 Å². The van der Waals surface area contributed by atoms with Crippen molar-refractivity contribution in [1.29, 1.82) is 0 Å². The minimum Gasteiger partial charge on any atom is -0.480 e. The first-order valence-corrected chi connectivity index (χ1v) is 4.87.